The number of carboxylic acid groups (broad SMARTS) is 1. The van der Waals surface area contributed by atoms with E-state index in [4.69, 9.17) is 4.74 Å². The van der Waals surface area contributed by atoms with E-state index in [9.17, 15) is 37.5 Å². The summed E-state index contributed by atoms with van der Waals surface area (Å²) in [7, 11) is 0. The quantitative estimate of drug-likeness (QED) is 0.470. The van der Waals surface area contributed by atoms with Crippen molar-refractivity contribution >= 4 is 29.6 Å². The van der Waals surface area contributed by atoms with E-state index in [1.807, 2.05) is 26.0 Å². The van der Waals surface area contributed by atoms with Crippen LogP contribution < -0.4 is 15.1 Å². The third kappa shape index (κ3) is 7.64. The lowest BCUT2D eigenvalue weighted by Gasteiger charge is -2.40. The van der Waals surface area contributed by atoms with Gasteiger partial charge >= 0.3 is 18.2 Å². The van der Waals surface area contributed by atoms with Crippen molar-refractivity contribution in [2.24, 2.45) is 5.92 Å². The first-order valence-electron chi connectivity index (χ1n) is 12.6. The summed E-state index contributed by atoms with van der Waals surface area (Å²) in [5.41, 5.74) is 3.24. The summed E-state index contributed by atoms with van der Waals surface area (Å²) in [6, 6.07) is 8.56. The van der Waals surface area contributed by atoms with Crippen LogP contribution in [0.2, 0.25) is 0 Å². The number of halogens is 3. The van der Waals surface area contributed by atoms with Gasteiger partial charge in [0.1, 0.15) is 18.4 Å². The van der Waals surface area contributed by atoms with Gasteiger partial charge < -0.3 is 19.6 Å². The first kappa shape index (κ1) is 31.2. The predicted octanol–water partition coefficient (Wildman–Crippen LogP) is 3.91. The number of hydrogen-bond donors (Lipinski definition) is 2. The van der Waals surface area contributed by atoms with Crippen LogP contribution in [0.4, 0.5) is 23.7 Å². The Kier molecular flexibility index (Phi) is 9.14. The van der Waals surface area contributed by atoms with Gasteiger partial charge in [0.25, 0.3) is 5.91 Å². The molecule has 14 heteroatoms. The summed E-state index contributed by atoms with van der Waals surface area (Å²) in [6.07, 6.45) is -6.99. The van der Waals surface area contributed by atoms with Crippen LogP contribution in [0.25, 0.3) is 0 Å². The zero-order chi connectivity index (χ0) is 30.7. The molecule has 11 nitrogen and oxygen atoms in total. The van der Waals surface area contributed by atoms with Gasteiger partial charge in [-0.2, -0.15) is 18.7 Å². The number of aryl methyl sites for hydroxylation is 2. The van der Waals surface area contributed by atoms with Crippen LogP contribution in [-0.4, -0.2) is 63.2 Å². The van der Waals surface area contributed by atoms with Gasteiger partial charge in [0, 0.05) is 29.2 Å². The molecule has 0 spiro atoms. The van der Waals surface area contributed by atoms with E-state index in [-0.39, 0.29) is 13.0 Å². The number of carbonyl (C=O) groups excluding carboxylic acids is 3. The van der Waals surface area contributed by atoms with Crippen molar-refractivity contribution in [1.29, 1.82) is 0 Å². The smallest absolute Gasteiger partial charge is 0.489 e. The van der Waals surface area contributed by atoms with Gasteiger partial charge in [-0.15, -0.1) is 0 Å². The standard InChI is InChI=1S/C27H31F3N4O7/c1-15-12-17(13-16(2)31-15)14-40-19-8-6-18(7-9-19)33-11-10-20(23(33)36)21(34(25(38)39)26(3,4)5)22(35)32-41-24(37)27(28,29)30/h6-9,12-13,20-21H,10-11,14H2,1-5H3,(H,32,35)(H,38,39)/t20-,21+/m1/s1. The molecule has 2 N–H and O–H groups in total. The number of nitrogens with one attached hydrogen (secondary N) is 1. The third-order valence-corrected chi connectivity index (χ3v) is 6.27. The lowest BCUT2D eigenvalue weighted by atomic mass is 9.92. The van der Waals surface area contributed by atoms with Gasteiger partial charge in [-0.3, -0.25) is 19.5 Å². The molecule has 1 aliphatic heterocycles. The van der Waals surface area contributed by atoms with Crippen molar-refractivity contribution in [3.63, 3.8) is 0 Å². The number of alkyl halides is 3. The van der Waals surface area contributed by atoms with Gasteiger partial charge in [0.2, 0.25) is 5.91 Å². The second-order valence-corrected chi connectivity index (χ2v) is 10.5. The number of hydroxylamine groups is 1. The summed E-state index contributed by atoms with van der Waals surface area (Å²) in [5, 5.41) is 9.87. The summed E-state index contributed by atoms with van der Waals surface area (Å²) < 4.78 is 43.5. The zero-order valence-electron chi connectivity index (χ0n) is 23.1. The topological polar surface area (TPSA) is 138 Å². The van der Waals surface area contributed by atoms with Crippen LogP contribution >= 0.6 is 0 Å². The number of carbonyl (C=O) groups is 4. The van der Waals surface area contributed by atoms with Crippen LogP contribution in [0, 0.1) is 19.8 Å². The molecule has 0 radical (unpaired) electrons. The highest BCUT2D eigenvalue weighted by atomic mass is 19.4. The fourth-order valence-corrected chi connectivity index (χ4v) is 4.66. The number of pyridine rings is 1. The van der Waals surface area contributed by atoms with E-state index in [1.54, 1.807) is 24.3 Å². The Hall–Kier alpha value is -4.36. The highest BCUT2D eigenvalue weighted by Crippen LogP contribution is 2.33. The van der Waals surface area contributed by atoms with E-state index in [1.165, 1.54) is 31.2 Å². The van der Waals surface area contributed by atoms with E-state index >= 15 is 0 Å². The molecular weight excluding hydrogens is 549 g/mol. The van der Waals surface area contributed by atoms with Gasteiger partial charge in [-0.1, -0.05) is 0 Å². The Balaban J connectivity index is 1.79. The van der Waals surface area contributed by atoms with Gasteiger partial charge in [-0.05, 0) is 83.0 Å². The van der Waals surface area contributed by atoms with Gasteiger partial charge in [-0.25, -0.2) is 9.59 Å². The second-order valence-electron chi connectivity index (χ2n) is 10.5. The summed E-state index contributed by atoms with van der Waals surface area (Å²) in [4.78, 5) is 59.9. The van der Waals surface area contributed by atoms with Crippen LogP contribution in [-0.2, 0) is 25.8 Å². The van der Waals surface area contributed by atoms with Crippen LogP contribution in [0.15, 0.2) is 36.4 Å². The second kappa shape index (κ2) is 12.0. The molecule has 0 bridgehead atoms. The van der Waals surface area contributed by atoms with E-state index < -0.39 is 47.6 Å². The fraction of sp³-hybridized carbons (Fsp3) is 0.444. The lowest BCUT2D eigenvalue weighted by Crippen LogP contribution is -2.61. The molecule has 3 amide bonds. The number of anilines is 1. The number of benzene rings is 1. The predicted molar refractivity (Wildman–Crippen MR) is 139 cm³/mol. The Morgan fingerprint density at radius 3 is 2.22 bits per heavy atom. The number of amides is 3. The summed E-state index contributed by atoms with van der Waals surface area (Å²) in [5.74, 6) is -5.45. The summed E-state index contributed by atoms with van der Waals surface area (Å²) in [6.45, 7) is 8.51. The number of aromatic nitrogens is 1. The molecular formula is C27H31F3N4O7. The normalized spacial score (nSPS) is 16.2. The molecule has 41 heavy (non-hydrogen) atoms. The molecule has 0 unspecified atom stereocenters. The van der Waals surface area contributed by atoms with Crippen LogP contribution in [0.5, 0.6) is 5.75 Å². The first-order chi connectivity index (χ1) is 19.0. The molecule has 1 aliphatic rings. The van der Waals surface area contributed by atoms with E-state index in [0.717, 1.165) is 17.0 Å². The first-order valence-corrected chi connectivity index (χ1v) is 12.6. The van der Waals surface area contributed by atoms with Crippen molar-refractivity contribution < 1.29 is 47.0 Å². The maximum Gasteiger partial charge on any atom is 0.493 e. The Morgan fingerprint density at radius 2 is 1.71 bits per heavy atom. The Labute approximate surface area is 234 Å². The molecule has 3 rings (SSSR count). The Morgan fingerprint density at radius 1 is 1.12 bits per heavy atom. The van der Waals surface area contributed by atoms with Gasteiger partial charge in [0.15, 0.2) is 0 Å². The van der Waals surface area contributed by atoms with E-state index in [2.05, 4.69) is 9.82 Å². The minimum absolute atomic E-state index is 0.00297. The zero-order valence-corrected chi connectivity index (χ0v) is 23.1. The molecule has 1 aromatic heterocycles. The average Bonchev–Trinajstić information content (AvgIpc) is 3.23. The molecule has 1 aromatic carbocycles. The SMILES string of the molecule is Cc1cc(COc2ccc(N3CC[C@H]([C@@H](C(=O)NOC(=O)C(F)(F)F)N(C(=O)O)C(C)(C)C)C3=O)cc2)cc(C)n1. The lowest BCUT2D eigenvalue weighted by molar-refractivity contribution is -0.208. The molecule has 2 atom stereocenters. The number of ether oxygens (including phenoxy) is 1. The van der Waals surface area contributed by atoms with Crippen molar-refractivity contribution in [2.75, 3.05) is 11.4 Å². The van der Waals surface area contributed by atoms with Gasteiger partial charge in [0.05, 0.1) is 5.92 Å². The number of nitrogens with zero attached hydrogens (tertiary/aromatic N) is 3. The van der Waals surface area contributed by atoms with Crippen molar-refractivity contribution in [3.8, 4) is 5.75 Å². The van der Waals surface area contributed by atoms with Crippen LogP contribution in [0.3, 0.4) is 0 Å². The molecule has 1 fully saturated rings. The number of rotatable bonds is 7. The molecule has 2 heterocycles. The number of hydrogen-bond acceptors (Lipinski definition) is 7. The molecule has 0 saturated carbocycles. The summed E-state index contributed by atoms with van der Waals surface area (Å²) >= 11 is 0. The monoisotopic (exact) mass is 580 g/mol. The molecule has 1 saturated heterocycles. The van der Waals surface area contributed by atoms with Crippen LogP contribution in [0.1, 0.15) is 44.1 Å². The van der Waals surface area contributed by atoms with Crippen molar-refractivity contribution in [1.82, 2.24) is 15.4 Å². The van der Waals surface area contributed by atoms with Crippen molar-refractivity contribution in [3.05, 3.63) is 53.3 Å². The minimum atomic E-state index is -5.40. The minimum Gasteiger partial charge on any atom is -0.489 e. The van der Waals surface area contributed by atoms with E-state index in [0.29, 0.717) is 22.9 Å². The third-order valence-electron chi connectivity index (χ3n) is 6.27. The van der Waals surface area contributed by atoms with Crippen molar-refractivity contribution in [2.45, 2.75) is 65.4 Å². The highest BCUT2D eigenvalue weighted by Gasteiger charge is 2.50. The maximum absolute atomic E-state index is 13.5. The average molecular weight is 581 g/mol. The molecule has 0 aliphatic carbocycles. The largest absolute Gasteiger partial charge is 0.493 e. The Bertz CT molecular complexity index is 1290. The fourth-order valence-electron chi connectivity index (χ4n) is 4.66. The maximum atomic E-state index is 13.5. The molecule has 2 aromatic rings. The highest BCUT2D eigenvalue weighted by molar-refractivity contribution is 6.02. The molecule has 222 valence electrons.